The van der Waals surface area contributed by atoms with Crippen molar-refractivity contribution in [1.82, 2.24) is 5.32 Å². The van der Waals surface area contributed by atoms with E-state index in [1.165, 1.54) is 12.1 Å². The zero-order valence-electron chi connectivity index (χ0n) is 18.7. The first-order chi connectivity index (χ1) is 14.4. The normalized spacial score (nSPS) is 10.9. The van der Waals surface area contributed by atoms with Gasteiger partial charge in [-0.15, -0.1) is 13.2 Å². The Morgan fingerprint density at radius 2 is 1.83 bits per heavy atom. The number of ether oxygens (including phenoxy) is 1. The Morgan fingerprint density at radius 3 is 2.43 bits per heavy atom. The molecule has 0 spiro atoms. The van der Waals surface area contributed by atoms with E-state index in [9.17, 15) is 4.39 Å². The molecule has 0 unspecified atom stereocenters. The molecule has 0 aliphatic heterocycles. The molecule has 0 aromatic heterocycles. The first-order valence-corrected chi connectivity index (χ1v) is 10.2. The van der Waals surface area contributed by atoms with Crippen LogP contribution in [0.2, 0.25) is 0 Å². The van der Waals surface area contributed by atoms with Crippen LogP contribution in [0.4, 0.5) is 4.39 Å². The fourth-order valence-corrected chi connectivity index (χ4v) is 2.47. The number of benzene rings is 1. The van der Waals surface area contributed by atoms with Crippen LogP contribution in [-0.2, 0) is 11.2 Å². The summed E-state index contributed by atoms with van der Waals surface area (Å²) in [5.41, 5.74) is 8.72. The SMILES string of the molecule is C=C.C=C(NCCc1ccc(F)cc1)OCCCCCC=NC(C(N)=NC)=C(C)C. The topological polar surface area (TPSA) is 72.0 Å². The summed E-state index contributed by atoms with van der Waals surface area (Å²) in [4.78, 5) is 8.41. The molecule has 0 aliphatic rings. The van der Waals surface area contributed by atoms with E-state index in [1.54, 1.807) is 19.2 Å². The van der Waals surface area contributed by atoms with Gasteiger partial charge in [-0.2, -0.15) is 0 Å². The molecule has 0 radical (unpaired) electrons. The van der Waals surface area contributed by atoms with Gasteiger partial charge in [0.1, 0.15) is 17.3 Å². The maximum Gasteiger partial charge on any atom is 0.179 e. The number of nitrogens with zero attached hydrogens (tertiary/aromatic N) is 2. The molecule has 0 fully saturated rings. The Bertz CT molecular complexity index is 704. The molecule has 0 atom stereocenters. The lowest BCUT2D eigenvalue weighted by molar-refractivity contribution is 0.187. The minimum Gasteiger partial charge on any atom is -0.480 e. The maximum absolute atomic E-state index is 12.9. The largest absolute Gasteiger partial charge is 0.480 e. The number of allylic oxidation sites excluding steroid dienone is 1. The Labute approximate surface area is 181 Å². The number of halogens is 1. The average Bonchev–Trinajstić information content (AvgIpc) is 2.74. The van der Waals surface area contributed by atoms with Gasteiger partial charge in [-0.3, -0.25) is 9.98 Å². The fourth-order valence-electron chi connectivity index (χ4n) is 2.47. The number of hydrogen-bond acceptors (Lipinski definition) is 4. The molecular formula is C24H37FN4O. The molecule has 1 aromatic carbocycles. The van der Waals surface area contributed by atoms with Crippen LogP contribution in [0.25, 0.3) is 0 Å². The third-order valence-corrected chi connectivity index (χ3v) is 4.08. The van der Waals surface area contributed by atoms with Crippen molar-refractivity contribution in [2.45, 2.75) is 46.0 Å². The molecule has 166 valence electrons. The Balaban J connectivity index is 0.00000407. The highest BCUT2D eigenvalue weighted by atomic mass is 19.1. The van der Waals surface area contributed by atoms with E-state index in [4.69, 9.17) is 10.5 Å². The van der Waals surface area contributed by atoms with Crippen molar-refractivity contribution >= 4 is 12.1 Å². The number of amidine groups is 1. The van der Waals surface area contributed by atoms with E-state index >= 15 is 0 Å². The Morgan fingerprint density at radius 1 is 1.17 bits per heavy atom. The summed E-state index contributed by atoms with van der Waals surface area (Å²) in [5, 5.41) is 3.14. The van der Waals surface area contributed by atoms with E-state index in [0.29, 0.717) is 24.9 Å². The molecule has 1 rings (SSSR count). The molecule has 0 heterocycles. The molecule has 0 saturated heterocycles. The van der Waals surface area contributed by atoms with E-state index in [2.05, 4.69) is 35.0 Å². The van der Waals surface area contributed by atoms with Crippen molar-refractivity contribution in [2.24, 2.45) is 15.7 Å². The predicted molar refractivity (Wildman–Crippen MR) is 127 cm³/mol. The minimum atomic E-state index is -0.216. The van der Waals surface area contributed by atoms with Crippen LogP contribution >= 0.6 is 0 Å². The molecule has 0 saturated carbocycles. The van der Waals surface area contributed by atoms with Crippen molar-refractivity contribution in [3.63, 3.8) is 0 Å². The molecule has 1 aromatic rings. The van der Waals surface area contributed by atoms with E-state index < -0.39 is 0 Å². The summed E-state index contributed by atoms with van der Waals surface area (Å²) >= 11 is 0. The second kappa shape index (κ2) is 17.0. The number of aliphatic imine (C=N–C) groups is 2. The first-order valence-electron chi connectivity index (χ1n) is 10.2. The third kappa shape index (κ3) is 12.5. The molecule has 0 aliphatic carbocycles. The number of unbranched alkanes of at least 4 members (excludes halogenated alkanes) is 3. The monoisotopic (exact) mass is 416 g/mol. The van der Waals surface area contributed by atoms with Crippen molar-refractivity contribution in [3.8, 4) is 0 Å². The molecule has 6 heteroatoms. The van der Waals surface area contributed by atoms with Gasteiger partial charge in [-0.25, -0.2) is 4.39 Å². The Hall–Kier alpha value is -2.89. The Kier molecular flexibility index (Phi) is 15.4. The quantitative estimate of drug-likeness (QED) is 0.153. The summed E-state index contributed by atoms with van der Waals surface area (Å²) in [6, 6.07) is 6.51. The van der Waals surface area contributed by atoms with Crippen molar-refractivity contribution in [2.75, 3.05) is 20.2 Å². The second-order valence-corrected chi connectivity index (χ2v) is 6.69. The van der Waals surface area contributed by atoms with Gasteiger partial charge in [0.05, 0.1) is 6.61 Å². The number of nitrogens with two attached hydrogens (primary N) is 1. The van der Waals surface area contributed by atoms with Gasteiger partial charge in [0.25, 0.3) is 0 Å². The number of hydrogen-bond donors (Lipinski definition) is 2. The van der Waals surface area contributed by atoms with E-state index in [1.807, 2.05) is 20.1 Å². The molecule has 0 amide bonds. The fraction of sp³-hybridized carbons (Fsp3) is 0.417. The van der Waals surface area contributed by atoms with E-state index in [0.717, 1.165) is 48.9 Å². The molecule has 5 nitrogen and oxygen atoms in total. The van der Waals surface area contributed by atoms with Crippen molar-refractivity contribution in [1.29, 1.82) is 0 Å². The van der Waals surface area contributed by atoms with Crippen LogP contribution < -0.4 is 11.1 Å². The third-order valence-electron chi connectivity index (χ3n) is 4.08. The summed E-state index contributed by atoms with van der Waals surface area (Å²) < 4.78 is 18.4. The van der Waals surface area contributed by atoms with Gasteiger partial charge in [-0.1, -0.05) is 12.1 Å². The minimum absolute atomic E-state index is 0.216. The van der Waals surface area contributed by atoms with Gasteiger partial charge in [0.15, 0.2) is 5.88 Å². The maximum atomic E-state index is 12.9. The van der Waals surface area contributed by atoms with E-state index in [-0.39, 0.29) is 5.82 Å². The summed E-state index contributed by atoms with van der Waals surface area (Å²) in [7, 11) is 1.67. The average molecular weight is 417 g/mol. The van der Waals surface area contributed by atoms with Crippen molar-refractivity contribution < 1.29 is 9.13 Å². The predicted octanol–water partition coefficient (Wildman–Crippen LogP) is 5.16. The van der Waals surface area contributed by atoms with Crippen LogP contribution in [0.5, 0.6) is 0 Å². The number of nitrogens with one attached hydrogen (secondary N) is 1. The lowest BCUT2D eigenvalue weighted by atomic mass is 10.1. The summed E-state index contributed by atoms with van der Waals surface area (Å²) in [5.74, 6) is 0.827. The smallest absolute Gasteiger partial charge is 0.179 e. The standard InChI is InChI=1S/C22H33FN4O.C2H4/c1-17(2)21(22(24)25-4)27-14-7-5-6-8-16-28-18(3)26-15-13-19-9-11-20(23)12-10-19;1-2/h9-12,14,26H,3,5-8,13,15-16H2,1-2,4H3,(H2,24,25);1-2H2. The van der Waals surface area contributed by atoms with Gasteiger partial charge in [0.2, 0.25) is 0 Å². The van der Waals surface area contributed by atoms with Crippen molar-refractivity contribution in [3.05, 3.63) is 72.5 Å². The number of rotatable bonds is 13. The van der Waals surface area contributed by atoms with Gasteiger partial charge >= 0.3 is 0 Å². The first kappa shape index (κ1) is 27.1. The zero-order chi connectivity index (χ0) is 22.8. The highest BCUT2D eigenvalue weighted by molar-refractivity contribution is 5.98. The molecule has 0 bridgehead atoms. The zero-order valence-corrected chi connectivity index (χ0v) is 18.7. The van der Waals surface area contributed by atoms with Crippen LogP contribution in [-0.4, -0.2) is 32.2 Å². The van der Waals surface area contributed by atoms with Crippen LogP contribution in [0.1, 0.15) is 45.1 Å². The highest BCUT2D eigenvalue weighted by Crippen LogP contribution is 2.07. The second-order valence-electron chi connectivity index (χ2n) is 6.69. The van der Waals surface area contributed by atoms with Gasteiger partial charge < -0.3 is 15.8 Å². The van der Waals surface area contributed by atoms with Crippen LogP contribution in [0, 0.1) is 5.82 Å². The lowest BCUT2D eigenvalue weighted by Gasteiger charge is -2.11. The van der Waals surface area contributed by atoms with Gasteiger partial charge in [-0.05, 0) is 75.8 Å². The highest BCUT2D eigenvalue weighted by Gasteiger charge is 2.01. The molecule has 30 heavy (non-hydrogen) atoms. The van der Waals surface area contributed by atoms with Gasteiger partial charge in [0, 0.05) is 19.8 Å². The summed E-state index contributed by atoms with van der Waals surface area (Å²) in [6.45, 7) is 15.2. The lowest BCUT2D eigenvalue weighted by Crippen LogP contribution is -2.18. The molecular weight excluding hydrogens is 379 g/mol. The molecule has 3 N–H and O–H groups in total. The van der Waals surface area contributed by atoms with Crippen LogP contribution in [0.15, 0.2) is 71.1 Å². The van der Waals surface area contributed by atoms with Crippen LogP contribution in [0.3, 0.4) is 0 Å². The summed E-state index contributed by atoms with van der Waals surface area (Å²) in [6.07, 6.45) is 6.64.